The van der Waals surface area contributed by atoms with Crippen LogP contribution in [0.4, 0.5) is 4.79 Å². The fourth-order valence-electron chi connectivity index (χ4n) is 3.36. The third-order valence-corrected chi connectivity index (χ3v) is 4.32. The zero-order valence-electron chi connectivity index (χ0n) is 17.8. The molecule has 0 N–H and O–H groups in total. The Balaban J connectivity index is 2.33. The van der Waals surface area contributed by atoms with E-state index >= 15 is 0 Å². The topological polar surface area (TPSA) is 86.7 Å². The normalized spacial score (nSPS) is 30.2. The van der Waals surface area contributed by atoms with Gasteiger partial charge >= 0.3 is 12.1 Å². The van der Waals surface area contributed by atoms with Crippen LogP contribution in [0.25, 0.3) is 0 Å². The molecule has 0 aromatic rings. The summed E-state index contributed by atoms with van der Waals surface area (Å²) in [6.07, 6.45) is -0.0455. The predicted molar refractivity (Wildman–Crippen MR) is 99.5 cm³/mol. The lowest BCUT2D eigenvalue weighted by Crippen LogP contribution is -2.63. The van der Waals surface area contributed by atoms with E-state index in [0.717, 1.165) is 0 Å². The van der Waals surface area contributed by atoms with E-state index in [9.17, 15) is 9.59 Å². The first-order valence-electron chi connectivity index (χ1n) is 9.14. The molecule has 154 valence electrons. The SMILES string of the molecule is CC(C)(C)OC(=O)[C@@H]1N=CO[C@H]1[C@@]1(C)COC(C)(C)N1C(=O)OC(C)(C)C. The molecule has 2 aliphatic rings. The highest BCUT2D eigenvalue weighted by Gasteiger charge is 2.61. The number of carbonyl (C=O) groups is 2. The highest BCUT2D eigenvalue weighted by atomic mass is 16.6. The van der Waals surface area contributed by atoms with Crippen molar-refractivity contribution in [3.05, 3.63) is 0 Å². The van der Waals surface area contributed by atoms with Crippen molar-refractivity contribution in [2.45, 2.75) is 96.9 Å². The van der Waals surface area contributed by atoms with Gasteiger partial charge in [-0.25, -0.2) is 14.6 Å². The number of amides is 1. The van der Waals surface area contributed by atoms with Crippen molar-refractivity contribution < 1.29 is 28.5 Å². The van der Waals surface area contributed by atoms with Crippen molar-refractivity contribution in [2.75, 3.05) is 6.61 Å². The predicted octanol–water partition coefficient (Wildman–Crippen LogP) is 2.89. The maximum Gasteiger partial charge on any atom is 0.413 e. The number of rotatable bonds is 2. The summed E-state index contributed by atoms with van der Waals surface area (Å²) in [7, 11) is 0. The third-order valence-electron chi connectivity index (χ3n) is 4.32. The van der Waals surface area contributed by atoms with E-state index in [-0.39, 0.29) is 6.61 Å². The second kappa shape index (κ2) is 6.65. The Kier molecular flexibility index (Phi) is 5.29. The van der Waals surface area contributed by atoms with Crippen LogP contribution >= 0.6 is 0 Å². The quantitative estimate of drug-likeness (QED) is 0.681. The van der Waals surface area contributed by atoms with Crippen LogP contribution in [0.2, 0.25) is 0 Å². The Hall–Kier alpha value is -1.83. The Bertz CT molecular complexity index is 631. The lowest BCUT2D eigenvalue weighted by atomic mass is 9.88. The number of hydrogen-bond donors (Lipinski definition) is 0. The van der Waals surface area contributed by atoms with Gasteiger partial charge in [-0.15, -0.1) is 0 Å². The van der Waals surface area contributed by atoms with E-state index in [1.165, 1.54) is 11.3 Å². The summed E-state index contributed by atoms with van der Waals surface area (Å²) in [5.74, 6) is -0.503. The zero-order valence-corrected chi connectivity index (χ0v) is 17.8. The van der Waals surface area contributed by atoms with E-state index in [0.29, 0.717) is 0 Å². The summed E-state index contributed by atoms with van der Waals surface area (Å²) in [5, 5.41) is 0. The Morgan fingerprint density at radius 2 is 1.63 bits per heavy atom. The number of esters is 1. The van der Waals surface area contributed by atoms with Crippen molar-refractivity contribution in [2.24, 2.45) is 4.99 Å². The van der Waals surface area contributed by atoms with Crippen LogP contribution in [-0.4, -0.2) is 64.6 Å². The van der Waals surface area contributed by atoms with Gasteiger partial charge in [0.2, 0.25) is 0 Å². The first-order chi connectivity index (χ1) is 12.1. The molecule has 1 fully saturated rings. The molecule has 0 spiro atoms. The van der Waals surface area contributed by atoms with Crippen LogP contribution in [0.5, 0.6) is 0 Å². The van der Waals surface area contributed by atoms with Crippen molar-refractivity contribution in [3.8, 4) is 0 Å². The van der Waals surface area contributed by atoms with Gasteiger partial charge in [0.05, 0.1) is 6.61 Å². The van der Waals surface area contributed by atoms with Gasteiger partial charge in [0.1, 0.15) is 22.5 Å². The zero-order chi connectivity index (χ0) is 20.8. The highest BCUT2D eigenvalue weighted by molar-refractivity contribution is 5.81. The van der Waals surface area contributed by atoms with Gasteiger partial charge in [-0.05, 0) is 62.3 Å². The molecule has 2 heterocycles. The summed E-state index contributed by atoms with van der Waals surface area (Å²) < 4.78 is 22.6. The average Bonchev–Trinajstić information content (AvgIpc) is 2.99. The van der Waals surface area contributed by atoms with Crippen LogP contribution < -0.4 is 0 Å². The van der Waals surface area contributed by atoms with Crippen LogP contribution in [0.1, 0.15) is 62.3 Å². The minimum Gasteiger partial charge on any atom is -0.475 e. The molecule has 0 aliphatic carbocycles. The van der Waals surface area contributed by atoms with Gasteiger partial charge in [0.25, 0.3) is 0 Å². The maximum absolute atomic E-state index is 13.0. The monoisotopic (exact) mass is 384 g/mol. The second-order valence-corrected chi connectivity index (χ2v) is 9.70. The van der Waals surface area contributed by atoms with Gasteiger partial charge in [-0.2, -0.15) is 0 Å². The molecule has 0 bridgehead atoms. The first-order valence-corrected chi connectivity index (χ1v) is 9.14. The molecule has 8 nitrogen and oxygen atoms in total. The van der Waals surface area contributed by atoms with Gasteiger partial charge in [0, 0.05) is 0 Å². The van der Waals surface area contributed by atoms with Crippen molar-refractivity contribution in [1.29, 1.82) is 0 Å². The molecule has 8 heteroatoms. The largest absolute Gasteiger partial charge is 0.475 e. The maximum atomic E-state index is 13.0. The van der Waals surface area contributed by atoms with Crippen molar-refractivity contribution >= 4 is 18.5 Å². The summed E-state index contributed by atoms with van der Waals surface area (Å²) in [6, 6.07) is -0.892. The van der Waals surface area contributed by atoms with Gasteiger partial charge < -0.3 is 18.9 Å². The van der Waals surface area contributed by atoms with Crippen molar-refractivity contribution in [3.63, 3.8) is 0 Å². The lowest BCUT2D eigenvalue weighted by Gasteiger charge is -2.43. The van der Waals surface area contributed by atoms with E-state index in [2.05, 4.69) is 4.99 Å². The molecular formula is C19H32N2O6. The van der Waals surface area contributed by atoms with Crippen molar-refractivity contribution in [1.82, 2.24) is 4.90 Å². The summed E-state index contributed by atoms with van der Waals surface area (Å²) in [4.78, 5) is 31.3. The minimum atomic E-state index is -0.968. The Morgan fingerprint density at radius 3 is 2.15 bits per heavy atom. The molecule has 1 saturated heterocycles. The van der Waals surface area contributed by atoms with Crippen LogP contribution in [0.15, 0.2) is 4.99 Å². The number of aliphatic imine (C=N–C) groups is 1. The Labute approximate surface area is 161 Å². The summed E-state index contributed by atoms with van der Waals surface area (Å²) >= 11 is 0. The van der Waals surface area contributed by atoms with Gasteiger partial charge in [-0.3, -0.25) is 4.90 Å². The average molecular weight is 384 g/mol. The van der Waals surface area contributed by atoms with Crippen LogP contribution in [0, 0.1) is 0 Å². The molecule has 0 saturated carbocycles. The fourth-order valence-corrected chi connectivity index (χ4v) is 3.36. The van der Waals surface area contributed by atoms with Gasteiger partial charge in [0.15, 0.2) is 18.5 Å². The number of nitrogens with zero attached hydrogens (tertiary/aromatic N) is 2. The lowest BCUT2D eigenvalue weighted by molar-refractivity contribution is -0.160. The third kappa shape index (κ3) is 4.54. The molecule has 0 radical (unpaired) electrons. The second-order valence-electron chi connectivity index (χ2n) is 9.70. The molecular weight excluding hydrogens is 352 g/mol. The van der Waals surface area contributed by atoms with E-state index in [1.807, 2.05) is 6.92 Å². The molecule has 0 aromatic heterocycles. The fraction of sp³-hybridized carbons (Fsp3) is 0.842. The smallest absolute Gasteiger partial charge is 0.413 e. The van der Waals surface area contributed by atoms with E-state index < -0.39 is 46.7 Å². The van der Waals surface area contributed by atoms with E-state index in [1.54, 1.807) is 55.4 Å². The minimum absolute atomic E-state index is 0.173. The Morgan fingerprint density at radius 1 is 1.07 bits per heavy atom. The summed E-state index contributed by atoms with van der Waals surface area (Å²) in [5.41, 5.74) is -3.23. The van der Waals surface area contributed by atoms with Crippen LogP contribution in [-0.2, 0) is 23.7 Å². The van der Waals surface area contributed by atoms with E-state index in [4.69, 9.17) is 18.9 Å². The number of hydrogen-bond acceptors (Lipinski definition) is 7. The molecule has 0 unspecified atom stereocenters. The standard InChI is InChI=1S/C19H32N2O6/c1-16(2,3)26-14(22)12-13(24-11-20-12)19(9)10-25-18(7,8)21(19)15(23)27-17(4,5)6/h11-13H,10H2,1-9H3/t12-,13-,19-/m1/s1. The molecule has 2 aliphatic heterocycles. The summed E-state index contributed by atoms with van der Waals surface area (Å²) in [6.45, 7) is 16.3. The molecule has 27 heavy (non-hydrogen) atoms. The highest BCUT2D eigenvalue weighted by Crippen LogP contribution is 2.41. The van der Waals surface area contributed by atoms with Crippen LogP contribution in [0.3, 0.4) is 0 Å². The molecule has 0 aromatic carbocycles. The molecule has 3 atom stereocenters. The first kappa shape index (κ1) is 21.5. The molecule has 1 amide bonds. The number of carbonyl (C=O) groups excluding carboxylic acids is 2. The number of ether oxygens (including phenoxy) is 4. The molecule has 2 rings (SSSR count). The van der Waals surface area contributed by atoms with Gasteiger partial charge in [-0.1, -0.05) is 0 Å².